The number of nitrogens with one attached hydrogen (secondary N) is 2. The maximum Gasteiger partial charge on any atom is 0.234 e. The van der Waals surface area contributed by atoms with E-state index in [1.165, 1.54) is 17.3 Å². The lowest BCUT2D eigenvalue weighted by molar-refractivity contribution is -0.113. The van der Waals surface area contributed by atoms with Crippen LogP contribution in [0.3, 0.4) is 0 Å². The van der Waals surface area contributed by atoms with Gasteiger partial charge < -0.3 is 5.32 Å². The second-order valence-corrected chi connectivity index (χ2v) is 7.51. The zero-order valence-corrected chi connectivity index (χ0v) is 16.6. The number of nitrogens with zero attached hydrogens (tertiary/aromatic N) is 2. The lowest BCUT2D eigenvalue weighted by Gasteiger charge is -2.15. The molecule has 0 spiro atoms. The molecular weight excluding hydrogens is 356 g/mol. The summed E-state index contributed by atoms with van der Waals surface area (Å²) in [5, 5.41) is 10.7. The van der Waals surface area contributed by atoms with Gasteiger partial charge >= 0.3 is 0 Å². The Morgan fingerprint density at radius 1 is 1.19 bits per heavy atom. The van der Waals surface area contributed by atoms with Crippen molar-refractivity contribution < 1.29 is 4.79 Å². The normalized spacial score (nSPS) is 12.0. The van der Waals surface area contributed by atoms with E-state index in [9.17, 15) is 4.79 Å². The Morgan fingerprint density at radius 3 is 2.67 bits per heavy atom. The van der Waals surface area contributed by atoms with Crippen molar-refractivity contribution in [1.29, 1.82) is 0 Å². The maximum atomic E-state index is 12.4. The number of carbonyl (C=O) groups excluding carboxylic acids is 1. The van der Waals surface area contributed by atoms with Crippen LogP contribution < -0.4 is 5.32 Å². The summed E-state index contributed by atoms with van der Waals surface area (Å²) in [6.07, 6.45) is 1.03. The molecule has 0 fully saturated rings. The molecule has 0 bridgehead atoms. The monoisotopic (exact) mass is 380 g/mol. The number of para-hydroxylation sites is 1. The van der Waals surface area contributed by atoms with E-state index in [0.29, 0.717) is 16.9 Å². The lowest BCUT2D eigenvalue weighted by atomic mass is 9.97. The predicted molar refractivity (Wildman–Crippen MR) is 111 cm³/mol. The molecule has 140 valence electrons. The molecule has 0 unspecified atom stereocenters. The van der Waals surface area contributed by atoms with Crippen molar-refractivity contribution in [3.8, 4) is 11.4 Å². The van der Waals surface area contributed by atoms with Crippen LogP contribution in [0.25, 0.3) is 11.4 Å². The highest BCUT2D eigenvalue weighted by Gasteiger charge is 2.13. The van der Waals surface area contributed by atoms with Gasteiger partial charge in [0.15, 0.2) is 5.82 Å². The van der Waals surface area contributed by atoms with E-state index < -0.39 is 0 Å². The van der Waals surface area contributed by atoms with Gasteiger partial charge in [-0.05, 0) is 30.9 Å². The average molecular weight is 381 g/mol. The van der Waals surface area contributed by atoms with E-state index in [-0.39, 0.29) is 11.7 Å². The fourth-order valence-electron chi connectivity index (χ4n) is 2.73. The van der Waals surface area contributed by atoms with Crippen LogP contribution in [-0.2, 0) is 4.79 Å². The maximum absolute atomic E-state index is 12.4. The summed E-state index contributed by atoms with van der Waals surface area (Å²) in [5.41, 5.74) is 4.22. The van der Waals surface area contributed by atoms with Gasteiger partial charge in [0.2, 0.25) is 11.1 Å². The number of H-pyrrole nitrogens is 1. The van der Waals surface area contributed by atoms with Gasteiger partial charge in [-0.25, -0.2) is 4.98 Å². The molecule has 0 saturated carbocycles. The summed E-state index contributed by atoms with van der Waals surface area (Å²) < 4.78 is 0. The van der Waals surface area contributed by atoms with E-state index in [1.54, 1.807) is 0 Å². The van der Waals surface area contributed by atoms with Crippen molar-refractivity contribution >= 4 is 23.4 Å². The van der Waals surface area contributed by atoms with Gasteiger partial charge in [-0.15, -0.1) is 5.10 Å². The number of hydrogen-bond acceptors (Lipinski definition) is 4. The number of carbonyl (C=O) groups is 1. The summed E-state index contributed by atoms with van der Waals surface area (Å²) in [7, 11) is 0. The average Bonchev–Trinajstić information content (AvgIpc) is 3.16. The van der Waals surface area contributed by atoms with E-state index in [4.69, 9.17) is 0 Å². The van der Waals surface area contributed by atoms with E-state index in [2.05, 4.69) is 40.4 Å². The molecule has 0 radical (unpaired) electrons. The molecule has 2 aromatic carbocycles. The van der Waals surface area contributed by atoms with Crippen molar-refractivity contribution in [2.45, 2.75) is 38.3 Å². The van der Waals surface area contributed by atoms with Crippen LogP contribution in [0.4, 0.5) is 5.69 Å². The van der Waals surface area contributed by atoms with Gasteiger partial charge in [0.05, 0.1) is 5.75 Å². The van der Waals surface area contributed by atoms with Crippen molar-refractivity contribution in [2.75, 3.05) is 11.1 Å². The molecule has 0 saturated heterocycles. The Balaban J connectivity index is 1.60. The molecular formula is C21H24N4OS. The van der Waals surface area contributed by atoms with Crippen LogP contribution in [-0.4, -0.2) is 26.8 Å². The number of amides is 1. The first-order valence-electron chi connectivity index (χ1n) is 9.08. The highest BCUT2D eigenvalue weighted by atomic mass is 32.2. The molecule has 0 aliphatic heterocycles. The smallest absolute Gasteiger partial charge is 0.234 e. The third-order valence-electron chi connectivity index (χ3n) is 4.50. The zero-order valence-electron chi connectivity index (χ0n) is 15.8. The topological polar surface area (TPSA) is 70.7 Å². The first-order chi connectivity index (χ1) is 13.1. The fourth-order valence-corrected chi connectivity index (χ4v) is 3.33. The standard InChI is InChI=1S/C21H24N4OS/c1-4-15(3)17-7-5-6-8-18(17)22-19(26)13-27-21-23-20(24-25-21)16-11-9-14(2)10-12-16/h5-12,15H,4,13H2,1-3H3,(H,22,26)(H,23,24,25)/t15-/m1/s1. The molecule has 5 nitrogen and oxygen atoms in total. The molecule has 0 aliphatic rings. The van der Waals surface area contributed by atoms with E-state index in [0.717, 1.165) is 23.2 Å². The second-order valence-electron chi connectivity index (χ2n) is 6.57. The lowest BCUT2D eigenvalue weighted by Crippen LogP contribution is -2.16. The molecule has 1 amide bonds. The highest BCUT2D eigenvalue weighted by molar-refractivity contribution is 7.99. The summed E-state index contributed by atoms with van der Waals surface area (Å²) in [6.45, 7) is 6.36. The summed E-state index contributed by atoms with van der Waals surface area (Å²) in [6, 6.07) is 16.0. The number of anilines is 1. The third kappa shape index (κ3) is 4.98. The Morgan fingerprint density at radius 2 is 1.93 bits per heavy atom. The minimum absolute atomic E-state index is 0.0579. The largest absolute Gasteiger partial charge is 0.325 e. The van der Waals surface area contributed by atoms with Crippen LogP contribution in [0, 0.1) is 6.92 Å². The number of hydrogen-bond donors (Lipinski definition) is 2. The van der Waals surface area contributed by atoms with Crippen LogP contribution in [0.2, 0.25) is 0 Å². The predicted octanol–water partition coefficient (Wildman–Crippen LogP) is 5.02. The second kappa shape index (κ2) is 8.86. The Labute approximate surface area is 164 Å². The molecule has 3 aromatic rings. The molecule has 1 aromatic heterocycles. The molecule has 0 aliphatic carbocycles. The third-order valence-corrected chi connectivity index (χ3v) is 5.35. The molecule has 1 heterocycles. The van der Waals surface area contributed by atoms with Crippen LogP contribution in [0.1, 0.15) is 37.3 Å². The van der Waals surface area contributed by atoms with Gasteiger partial charge in [-0.3, -0.25) is 9.89 Å². The van der Waals surface area contributed by atoms with Crippen molar-refractivity contribution in [3.63, 3.8) is 0 Å². The van der Waals surface area contributed by atoms with Gasteiger partial charge in [0.25, 0.3) is 0 Å². The number of aryl methyl sites for hydroxylation is 1. The van der Waals surface area contributed by atoms with Crippen molar-refractivity contribution in [2.24, 2.45) is 0 Å². The van der Waals surface area contributed by atoms with Crippen molar-refractivity contribution in [1.82, 2.24) is 15.2 Å². The Kier molecular flexibility index (Phi) is 6.29. The van der Waals surface area contributed by atoms with Gasteiger partial charge in [-0.1, -0.05) is 73.6 Å². The summed E-state index contributed by atoms with van der Waals surface area (Å²) >= 11 is 1.32. The number of thioether (sulfide) groups is 1. The molecule has 2 N–H and O–H groups in total. The van der Waals surface area contributed by atoms with Crippen LogP contribution in [0.5, 0.6) is 0 Å². The molecule has 6 heteroatoms. The summed E-state index contributed by atoms with van der Waals surface area (Å²) in [5.74, 6) is 1.32. The molecule has 1 atom stereocenters. The Hall–Kier alpha value is -2.60. The van der Waals surface area contributed by atoms with Crippen LogP contribution >= 0.6 is 11.8 Å². The number of aromatic nitrogens is 3. The molecule has 3 rings (SSSR count). The minimum Gasteiger partial charge on any atom is -0.325 e. The quantitative estimate of drug-likeness (QED) is 0.564. The van der Waals surface area contributed by atoms with Gasteiger partial charge in [-0.2, -0.15) is 0 Å². The Bertz CT molecular complexity index is 905. The number of benzene rings is 2. The summed E-state index contributed by atoms with van der Waals surface area (Å²) in [4.78, 5) is 16.8. The number of rotatable bonds is 7. The first kappa shape index (κ1) is 19.2. The van der Waals surface area contributed by atoms with E-state index >= 15 is 0 Å². The molecule has 27 heavy (non-hydrogen) atoms. The van der Waals surface area contributed by atoms with Gasteiger partial charge in [0.1, 0.15) is 0 Å². The van der Waals surface area contributed by atoms with Crippen molar-refractivity contribution in [3.05, 3.63) is 59.7 Å². The SMILES string of the molecule is CC[C@@H](C)c1ccccc1NC(=O)CSc1n[nH]c(-c2ccc(C)cc2)n1. The van der Waals surface area contributed by atoms with Crippen LogP contribution in [0.15, 0.2) is 53.7 Å². The number of aromatic amines is 1. The fraction of sp³-hybridized carbons (Fsp3) is 0.286. The highest BCUT2D eigenvalue weighted by Crippen LogP contribution is 2.27. The zero-order chi connectivity index (χ0) is 19.2. The first-order valence-corrected chi connectivity index (χ1v) is 10.1. The van der Waals surface area contributed by atoms with Gasteiger partial charge in [0, 0.05) is 11.3 Å². The minimum atomic E-state index is -0.0579. The van der Waals surface area contributed by atoms with E-state index in [1.807, 2.05) is 49.4 Å².